The van der Waals surface area contributed by atoms with Crippen LogP contribution in [0.25, 0.3) is 5.69 Å². The van der Waals surface area contributed by atoms with Gasteiger partial charge in [-0.15, -0.1) is 5.10 Å². The van der Waals surface area contributed by atoms with Crippen LogP contribution in [0.4, 0.5) is 10.1 Å². The Hall–Kier alpha value is -2.54. The quantitative estimate of drug-likeness (QED) is 0.778. The zero-order valence-electron chi connectivity index (χ0n) is 11.2. The highest BCUT2D eigenvalue weighted by atomic mass is 79.9. The lowest BCUT2D eigenvalue weighted by Crippen LogP contribution is -2.13. The van der Waals surface area contributed by atoms with Crippen molar-refractivity contribution in [3.05, 3.63) is 70.7 Å². The molecule has 3 aromatic rings. The van der Waals surface area contributed by atoms with Crippen LogP contribution in [0.3, 0.4) is 0 Å². The van der Waals surface area contributed by atoms with Gasteiger partial charge in [-0.1, -0.05) is 39.3 Å². The molecule has 0 saturated carbocycles. The zero-order valence-corrected chi connectivity index (χ0v) is 12.8. The van der Waals surface area contributed by atoms with E-state index in [1.807, 2.05) is 24.3 Å². The van der Waals surface area contributed by atoms with E-state index in [2.05, 4.69) is 31.6 Å². The molecule has 0 unspecified atom stereocenters. The van der Waals surface area contributed by atoms with E-state index in [1.54, 1.807) is 12.1 Å². The standard InChI is InChI=1S/C15H10BrFN4O/c16-10-4-3-5-11(8-10)21-9-14(19-20-21)15(22)18-13-7-2-1-6-12(13)17/h1-9H,(H,18,22). The molecule has 0 radical (unpaired) electrons. The Balaban J connectivity index is 1.82. The number of carbonyl (C=O) groups is 1. The Morgan fingerprint density at radius 3 is 2.77 bits per heavy atom. The number of aromatic nitrogens is 3. The van der Waals surface area contributed by atoms with E-state index in [9.17, 15) is 9.18 Å². The van der Waals surface area contributed by atoms with Crippen molar-refractivity contribution in [2.75, 3.05) is 5.32 Å². The second-order valence-corrected chi connectivity index (χ2v) is 5.38. The molecule has 0 fully saturated rings. The first-order valence-electron chi connectivity index (χ1n) is 6.37. The zero-order chi connectivity index (χ0) is 15.5. The molecule has 0 saturated heterocycles. The first-order valence-corrected chi connectivity index (χ1v) is 7.17. The summed E-state index contributed by atoms with van der Waals surface area (Å²) in [5.41, 5.74) is 0.958. The molecule has 3 rings (SSSR count). The highest BCUT2D eigenvalue weighted by Crippen LogP contribution is 2.16. The maximum Gasteiger partial charge on any atom is 0.277 e. The van der Waals surface area contributed by atoms with Crippen molar-refractivity contribution in [1.29, 1.82) is 0 Å². The van der Waals surface area contributed by atoms with Gasteiger partial charge in [-0.2, -0.15) is 0 Å². The largest absolute Gasteiger partial charge is 0.318 e. The Labute approximate surface area is 133 Å². The molecule has 1 N–H and O–H groups in total. The number of halogens is 2. The van der Waals surface area contributed by atoms with Crippen LogP contribution in [0, 0.1) is 5.82 Å². The number of hydrogen-bond donors (Lipinski definition) is 1. The van der Waals surface area contributed by atoms with Gasteiger partial charge in [0.15, 0.2) is 5.69 Å². The number of nitrogens with one attached hydrogen (secondary N) is 1. The molecule has 0 aliphatic carbocycles. The smallest absolute Gasteiger partial charge is 0.277 e. The van der Waals surface area contributed by atoms with Crippen LogP contribution in [0.15, 0.2) is 59.2 Å². The minimum atomic E-state index is -0.522. The average Bonchev–Trinajstić information content (AvgIpc) is 2.99. The van der Waals surface area contributed by atoms with Crippen molar-refractivity contribution in [3.8, 4) is 5.69 Å². The molecule has 1 amide bonds. The Morgan fingerprint density at radius 2 is 2.00 bits per heavy atom. The van der Waals surface area contributed by atoms with Gasteiger partial charge in [0.1, 0.15) is 5.82 Å². The summed E-state index contributed by atoms with van der Waals surface area (Å²) in [6, 6.07) is 13.3. The predicted molar refractivity (Wildman–Crippen MR) is 83.4 cm³/mol. The summed E-state index contributed by atoms with van der Waals surface area (Å²) in [6.45, 7) is 0. The van der Waals surface area contributed by atoms with E-state index in [0.29, 0.717) is 0 Å². The first kappa shape index (κ1) is 14.4. The molecule has 0 spiro atoms. The second-order valence-electron chi connectivity index (χ2n) is 4.46. The Bertz CT molecular complexity index is 834. The van der Waals surface area contributed by atoms with E-state index in [-0.39, 0.29) is 11.4 Å². The lowest BCUT2D eigenvalue weighted by Gasteiger charge is -2.03. The minimum Gasteiger partial charge on any atom is -0.318 e. The summed E-state index contributed by atoms with van der Waals surface area (Å²) in [7, 11) is 0. The molecule has 0 atom stereocenters. The third-order valence-electron chi connectivity index (χ3n) is 2.92. The van der Waals surface area contributed by atoms with Gasteiger partial charge in [0.2, 0.25) is 0 Å². The molecule has 0 bridgehead atoms. The first-order chi connectivity index (χ1) is 10.6. The van der Waals surface area contributed by atoms with E-state index in [0.717, 1.165) is 10.2 Å². The summed E-state index contributed by atoms with van der Waals surface area (Å²) in [5.74, 6) is -1.03. The van der Waals surface area contributed by atoms with Crippen LogP contribution in [0.1, 0.15) is 10.5 Å². The Morgan fingerprint density at radius 1 is 1.18 bits per heavy atom. The number of hydrogen-bond acceptors (Lipinski definition) is 3. The number of anilines is 1. The molecule has 22 heavy (non-hydrogen) atoms. The van der Waals surface area contributed by atoms with Crippen LogP contribution in [-0.2, 0) is 0 Å². The highest BCUT2D eigenvalue weighted by Gasteiger charge is 2.13. The van der Waals surface area contributed by atoms with Crippen molar-refractivity contribution in [1.82, 2.24) is 15.0 Å². The lowest BCUT2D eigenvalue weighted by atomic mass is 10.3. The number of benzene rings is 2. The highest BCUT2D eigenvalue weighted by molar-refractivity contribution is 9.10. The summed E-state index contributed by atoms with van der Waals surface area (Å²) in [4.78, 5) is 12.1. The molecule has 1 aromatic heterocycles. The third-order valence-corrected chi connectivity index (χ3v) is 3.41. The molecule has 1 heterocycles. The monoisotopic (exact) mass is 360 g/mol. The molecule has 0 aliphatic rings. The fourth-order valence-electron chi connectivity index (χ4n) is 1.86. The van der Waals surface area contributed by atoms with Crippen molar-refractivity contribution >= 4 is 27.5 Å². The fraction of sp³-hybridized carbons (Fsp3) is 0. The van der Waals surface area contributed by atoms with E-state index >= 15 is 0 Å². The van der Waals surface area contributed by atoms with E-state index in [1.165, 1.54) is 23.0 Å². The van der Waals surface area contributed by atoms with Crippen molar-refractivity contribution in [2.24, 2.45) is 0 Å². The van der Waals surface area contributed by atoms with Gasteiger partial charge in [0, 0.05) is 4.47 Å². The number of nitrogens with zero attached hydrogens (tertiary/aromatic N) is 3. The molecular weight excluding hydrogens is 351 g/mol. The predicted octanol–water partition coefficient (Wildman–Crippen LogP) is 3.42. The number of rotatable bonds is 3. The van der Waals surface area contributed by atoms with Crippen molar-refractivity contribution < 1.29 is 9.18 Å². The molecular formula is C15H10BrFN4O. The van der Waals surface area contributed by atoms with Gasteiger partial charge in [-0.25, -0.2) is 9.07 Å². The summed E-state index contributed by atoms with van der Waals surface area (Å²) >= 11 is 3.36. The lowest BCUT2D eigenvalue weighted by molar-refractivity contribution is 0.102. The van der Waals surface area contributed by atoms with Crippen LogP contribution >= 0.6 is 15.9 Å². The molecule has 7 heteroatoms. The van der Waals surface area contributed by atoms with Gasteiger partial charge < -0.3 is 5.32 Å². The average molecular weight is 361 g/mol. The maximum absolute atomic E-state index is 13.5. The molecule has 2 aromatic carbocycles. The Kier molecular flexibility index (Phi) is 3.97. The fourth-order valence-corrected chi connectivity index (χ4v) is 2.25. The molecule has 5 nitrogen and oxygen atoms in total. The van der Waals surface area contributed by atoms with Crippen LogP contribution < -0.4 is 5.32 Å². The number of carbonyl (C=O) groups excluding carboxylic acids is 1. The maximum atomic E-state index is 13.5. The topological polar surface area (TPSA) is 59.8 Å². The van der Waals surface area contributed by atoms with Gasteiger partial charge >= 0.3 is 0 Å². The van der Waals surface area contributed by atoms with Crippen LogP contribution in [0.5, 0.6) is 0 Å². The number of amides is 1. The van der Waals surface area contributed by atoms with Gasteiger partial charge in [0.25, 0.3) is 5.91 Å². The van der Waals surface area contributed by atoms with Gasteiger partial charge in [-0.3, -0.25) is 4.79 Å². The van der Waals surface area contributed by atoms with Crippen LogP contribution in [-0.4, -0.2) is 20.9 Å². The summed E-state index contributed by atoms with van der Waals surface area (Å²) in [5, 5.41) is 10.2. The normalized spacial score (nSPS) is 10.5. The summed E-state index contributed by atoms with van der Waals surface area (Å²) in [6.07, 6.45) is 1.48. The van der Waals surface area contributed by atoms with E-state index in [4.69, 9.17) is 0 Å². The van der Waals surface area contributed by atoms with Crippen molar-refractivity contribution in [3.63, 3.8) is 0 Å². The third kappa shape index (κ3) is 3.04. The van der Waals surface area contributed by atoms with E-state index < -0.39 is 11.7 Å². The molecule has 0 aliphatic heterocycles. The molecule has 110 valence electrons. The minimum absolute atomic E-state index is 0.100. The second kappa shape index (κ2) is 6.07. The van der Waals surface area contributed by atoms with Crippen LogP contribution in [0.2, 0.25) is 0 Å². The van der Waals surface area contributed by atoms with Gasteiger partial charge in [-0.05, 0) is 30.3 Å². The number of para-hydroxylation sites is 1. The van der Waals surface area contributed by atoms with Gasteiger partial charge in [0.05, 0.1) is 17.6 Å². The van der Waals surface area contributed by atoms with Crippen molar-refractivity contribution in [2.45, 2.75) is 0 Å². The summed E-state index contributed by atoms with van der Waals surface area (Å²) < 4.78 is 15.9. The SMILES string of the molecule is O=C(Nc1ccccc1F)c1cn(-c2cccc(Br)c2)nn1.